The molecule has 0 atom stereocenters. The number of aryl methyl sites for hydroxylation is 2. The smallest absolute Gasteiger partial charge is 0.416 e. The number of rotatable bonds is 9. The highest BCUT2D eigenvalue weighted by Crippen LogP contribution is 2.36. The first kappa shape index (κ1) is 32.8. The maximum Gasteiger partial charge on any atom is 0.416 e. The number of sulfonamides is 1. The Morgan fingerprint density at radius 3 is 2.26 bits per heavy atom. The molecule has 1 aliphatic heterocycles. The molecule has 0 radical (unpaired) electrons. The van der Waals surface area contributed by atoms with E-state index in [1.807, 2.05) is 0 Å². The number of amides is 1. The number of methoxy groups -OCH3 is 1. The lowest BCUT2D eigenvalue weighted by Crippen LogP contribution is -2.46. The van der Waals surface area contributed by atoms with Gasteiger partial charge in [0.05, 0.1) is 29.8 Å². The number of nitrogens with zero attached hydrogens (tertiary/aromatic N) is 2. The fourth-order valence-corrected chi connectivity index (χ4v) is 6.11. The number of likely N-dealkylation sites (N-methyl/N-ethyl adjacent to an activating group) is 1. The van der Waals surface area contributed by atoms with Crippen LogP contribution in [0.1, 0.15) is 35.1 Å². The number of alkyl halides is 3. The van der Waals surface area contributed by atoms with Crippen LogP contribution in [0.2, 0.25) is 0 Å². The summed E-state index contributed by atoms with van der Waals surface area (Å²) in [5.74, 6) is 0.220. The van der Waals surface area contributed by atoms with E-state index in [2.05, 4.69) is 0 Å². The van der Waals surface area contributed by atoms with Crippen molar-refractivity contribution in [1.82, 2.24) is 9.21 Å². The van der Waals surface area contributed by atoms with Gasteiger partial charge in [0.2, 0.25) is 15.9 Å². The maximum atomic E-state index is 13.1. The molecule has 0 aromatic heterocycles. The molecule has 0 unspecified atom stereocenters. The van der Waals surface area contributed by atoms with Crippen molar-refractivity contribution in [3.05, 3.63) is 58.7 Å². The van der Waals surface area contributed by atoms with Gasteiger partial charge in [-0.1, -0.05) is 12.1 Å². The average Bonchev–Trinajstić information content (AvgIpc) is 2.85. The van der Waals surface area contributed by atoms with E-state index in [4.69, 9.17) is 9.47 Å². The van der Waals surface area contributed by atoms with Crippen molar-refractivity contribution in [1.29, 1.82) is 0 Å². The van der Waals surface area contributed by atoms with Crippen molar-refractivity contribution in [2.45, 2.75) is 43.4 Å². The quantitative estimate of drug-likeness (QED) is 0.443. The predicted octanol–water partition coefficient (Wildman–Crippen LogP) is 3.90. The molecule has 0 saturated carbocycles. The lowest BCUT2D eigenvalue weighted by Gasteiger charge is -2.38. The number of likely N-dealkylation sites (tertiary alicyclic amines) is 1. The van der Waals surface area contributed by atoms with E-state index in [9.17, 15) is 31.5 Å². The van der Waals surface area contributed by atoms with Gasteiger partial charge in [0.25, 0.3) is 0 Å². The van der Waals surface area contributed by atoms with E-state index in [1.165, 1.54) is 31.2 Å². The summed E-state index contributed by atoms with van der Waals surface area (Å²) in [7, 11) is -0.853. The normalized spacial score (nSPS) is 15.7. The van der Waals surface area contributed by atoms with Gasteiger partial charge >= 0.3 is 6.18 Å². The minimum Gasteiger partial charge on any atom is -0.497 e. The second-order valence-corrected chi connectivity index (χ2v) is 11.4. The molecule has 1 amide bonds. The Labute approximate surface area is 233 Å². The van der Waals surface area contributed by atoms with Crippen LogP contribution in [0.15, 0.2) is 41.3 Å². The van der Waals surface area contributed by atoms with Crippen molar-refractivity contribution in [3.8, 4) is 5.75 Å². The summed E-state index contributed by atoms with van der Waals surface area (Å²) in [4.78, 5) is 14.2. The van der Waals surface area contributed by atoms with Gasteiger partial charge in [0, 0.05) is 26.7 Å². The summed E-state index contributed by atoms with van der Waals surface area (Å²) in [6.07, 6.45) is -4.34. The molecular formula is C26H34ClF3N2O6S. The number of hydrogen-bond acceptors (Lipinski definition) is 6. The van der Waals surface area contributed by atoms with Crippen LogP contribution in [0.25, 0.3) is 0 Å². The van der Waals surface area contributed by atoms with E-state index in [0.29, 0.717) is 16.9 Å². The lowest BCUT2D eigenvalue weighted by molar-refractivity contribution is -0.140. The van der Waals surface area contributed by atoms with Crippen molar-refractivity contribution in [2.75, 3.05) is 47.0 Å². The van der Waals surface area contributed by atoms with Gasteiger partial charge in [-0.3, -0.25) is 4.79 Å². The minimum atomic E-state index is -4.51. The third-order valence-corrected chi connectivity index (χ3v) is 8.95. The first-order valence-electron chi connectivity index (χ1n) is 12.1. The van der Waals surface area contributed by atoms with E-state index >= 15 is 0 Å². The molecule has 13 heteroatoms. The van der Waals surface area contributed by atoms with E-state index in [1.54, 1.807) is 26.0 Å². The molecule has 0 aliphatic carbocycles. The van der Waals surface area contributed by atoms with Crippen molar-refractivity contribution >= 4 is 28.3 Å². The van der Waals surface area contributed by atoms with Crippen LogP contribution in [0.5, 0.6) is 5.75 Å². The minimum absolute atomic E-state index is 0. The highest BCUT2D eigenvalue weighted by atomic mass is 35.5. The Morgan fingerprint density at radius 1 is 1.13 bits per heavy atom. The van der Waals surface area contributed by atoms with Gasteiger partial charge in [-0.2, -0.15) is 17.5 Å². The Balaban J connectivity index is 0.00000533. The van der Waals surface area contributed by atoms with Gasteiger partial charge < -0.3 is 19.5 Å². The van der Waals surface area contributed by atoms with Gasteiger partial charge in [0.15, 0.2) is 0 Å². The van der Waals surface area contributed by atoms with Crippen LogP contribution in [-0.4, -0.2) is 75.6 Å². The molecule has 8 nitrogen and oxygen atoms in total. The molecule has 218 valence electrons. The molecule has 3 rings (SSSR count). The van der Waals surface area contributed by atoms with Crippen molar-refractivity contribution in [2.24, 2.45) is 0 Å². The fourth-order valence-electron chi connectivity index (χ4n) is 4.55. The standard InChI is InChI=1S/C26H33F3N2O6S.ClH/c1-18-14-22(36-4)15-19(2)24(18)38(34,35)30(3)12-13-37-17-23(32)31-10-8-25(33,9-11-31)20-6-5-7-21(16-20)26(27,28)29;/h5-7,14-16,33H,8-13,17H2,1-4H3;1H. The van der Waals surface area contributed by atoms with E-state index in [-0.39, 0.29) is 74.5 Å². The maximum absolute atomic E-state index is 13.1. The first-order chi connectivity index (χ1) is 17.7. The van der Waals surface area contributed by atoms with Gasteiger partial charge in [-0.25, -0.2) is 8.42 Å². The molecule has 2 aromatic carbocycles. The molecule has 0 spiro atoms. The van der Waals surface area contributed by atoms with Gasteiger partial charge in [-0.15, -0.1) is 12.4 Å². The molecular weight excluding hydrogens is 561 g/mol. The first-order valence-corrected chi connectivity index (χ1v) is 13.5. The second-order valence-electron chi connectivity index (χ2n) is 9.46. The third kappa shape index (κ3) is 7.63. The van der Waals surface area contributed by atoms with Crippen LogP contribution in [-0.2, 0) is 31.3 Å². The zero-order valence-electron chi connectivity index (χ0n) is 22.2. The third-order valence-electron chi connectivity index (χ3n) is 6.78. The summed E-state index contributed by atoms with van der Waals surface area (Å²) >= 11 is 0. The summed E-state index contributed by atoms with van der Waals surface area (Å²) in [5, 5.41) is 10.9. The molecule has 1 aliphatic rings. The molecule has 0 bridgehead atoms. The molecule has 1 N–H and O–H groups in total. The summed E-state index contributed by atoms with van der Waals surface area (Å²) in [6, 6.07) is 7.90. The van der Waals surface area contributed by atoms with Crippen LogP contribution in [0.4, 0.5) is 13.2 Å². The number of hydrogen-bond donors (Lipinski definition) is 1. The molecule has 1 saturated heterocycles. The van der Waals surface area contributed by atoms with Gasteiger partial charge in [0.1, 0.15) is 12.4 Å². The largest absolute Gasteiger partial charge is 0.497 e. The van der Waals surface area contributed by atoms with Crippen molar-refractivity contribution < 1.29 is 41.0 Å². The number of carbonyl (C=O) groups is 1. The summed E-state index contributed by atoms with van der Waals surface area (Å²) < 4.78 is 77.1. The number of ether oxygens (including phenoxy) is 2. The van der Waals surface area contributed by atoms with Crippen LogP contribution in [0, 0.1) is 13.8 Å². The number of halogens is 4. The lowest BCUT2D eigenvalue weighted by atomic mass is 9.83. The molecule has 39 heavy (non-hydrogen) atoms. The molecule has 1 fully saturated rings. The zero-order valence-corrected chi connectivity index (χ0v) is 23.9. The molecule has 1 heterocycles. The number of carbonyl (C=O) groups excluding carboxylic acids is 1. The monoisotopic (exact) mass is 594 g/mol. The second kappa shape index (κ2) is 12.9. The average molecular weight is 595 g/mol. The van der Waals surface area contributed by atoms with Gasteiger partial charge in [-0.05, 0) is 67.6 Å². The Morgan fingerprint density at radius 2 is 1.72 bits per heavy atom. The number of piperidine rings is 1. The van der Waals surface area contributed by atoms with Crippen LogP contribution >= 0.6 is 12.4 Å². The number of aliphatic hydroxyl groups is 1. The van der Waals surface area contributed by atoms with E-state index in [0.717, 1.165) is 16.4 Å². The van der Waals surface area contributed by atoms with Crippen LogP contribution in [0.3, 0.4) is 0 Å². The Kier molecular flexibility index (Phi) is 10.8. The zero-order chi connectivity index (χ0) is 28.3. The highest BCUT2D eigenvalue weighted by Gasteiger charge is 2.38. The van der Waals surface area contributed by atoms with E-state index < -0.39 is 27.4 Å². The summed E-state index contributed by atoms with van der Waals surface area (Å²) in [5.41, 5.74) is -1.02. The number of benzene rings is 2. The Bertz CT molecular complexity index is 1240. The van der Waals surface area contributed by atoms with Crippen LogP contribution < -0.4 is 4.74 Å². The fraction of sp³-hybridized carbons (Fsp3) is 0.500. The predicted molar refractivity (Wildman–Crippen MR) is 142 cm³/mol. The highest BCUT2D eigenvalue weighted by molar-refractivity contribution is 7.89. The summed E-state index contributed by atoms with van der Waals surface area (Å²) in [6.45, 7) is 3.42. The topological polar surface area (TPSA) is 96.4 Å². The van der Waals surface area contributed by atoms with Crippen molar-refractivity contribution in [3.63, 3.8) is 0 Å². The Hall–Kier alpha value is -2.38. The molecule has 2 aromatic rings. The SMILES string of the molecule is COc1cc(C)c(S(=O)(=O)N(C)CCOCC(=O)N2CCC(O)(c3cccc(C(F)(F)F)c3)CC2)c(C)c1.Cl.